The number of ketones is 1. The van der Waals surface area contributed by atoms with Crippen molar-refractivity contribution < 1.29 is 22.7 Å². The van der Waals surface area contributed by atoms with Gasteiger partial charge in [-0.05, 0) is 48.9 Å². The summed E-state index contributed by atoms with van der Waals surface area (Å²) < 4.78 is 32.5. The summed E-state index contributed by atoms with van der Waals surface area (Å²) in [4.78, 5) is 26.7. The summed E-state index contributed by atoms with van der Waals surface area (Å²) in [5.41, 5.74) is 1.98. The Morgan fingerprint density at radius 2 is 1.53 bits per heavy atom. The highest BCUT2D eigenvalue weighted by molar-refractivity contribution is 7.89. The molecule has 0 bridgehead atoms. The number of carbonyl (C=O) groups excluding carboxylic acids is 2. The maximum Gasteiger partial charge on any atom is 0.269 e. The summed E-state index contributed by atoms with van der Waals surface area (Å²) in [7, 11) is -2.61. The van der Waals surface area contributed by atoms with Crippen molar-refractivity contribution in [1.29, 1.82) is 0 Å². The van der Waals surface area contributed by atoms with Gasteiger partial charge in [0.2, 0.25) is 0 Å². The summed E-state index contributed by atoms with van der Waals surface area (Å²) in [6.45, 7) is 1.52. The molecule has 0 atom stereocenters. The highest BCUT2D eigenvalue weighted by Crippen LogP contribution is 2.34. The molecule has 7 heteroatoms. The second-order valence-corrected chi connectivity index (χ2v) is 9.27. The lowest BCUT2D eigenvalue weighted by molar-refractivity contribution is -0.119. The largest absolute Gasteiger partial charge is 0.497 e. The normalized spacial score (nSPS) is 14.1. The summed E-state index contributed by atoms with van der Waals surface area (Å²) in [6, 6.07) is 21.4. The van der Waals surface area contributed by atoms with Crippen LogP contribution < -0.4 is 4.74 Å². The third-order valence-electron chi connectivity index (χ3n) is 5.34. The number of amides is 1. The van der Waals surface area contributed by atoms with Gasteiger partial charge in [-0.3, -0.25) is 9.59 Å². The Hall–Kier alpha value is -3.71. The van der Waals surface area contributed by atoms with Crippen LogP contribution in [-0.2, 0) is 14.8 Å². The predicted octanol–water partition coefficient (Wildman–Crippen LogP) is 3.87. The zero-order chi connectivity index (χ0) is 22.9. The first kappa shape index (κ1) is 21.5. The van der Waals surface area contributed by atoms with E-state index in [1.54, 1.807) is 66.7 Å². The van der Waals surface area contributed by atoms with Crippen LogP contribution in [0, 0.1) is 6.92 Å². The highest BCUT2D eigenvalue weighted by Gasteiger charge is 2.41. The summed E-state index contributed by atoms with van der Waals surface area (Å²) in [6.07, 6.45) is 0. The monoisotopic (exact) mass is 447 g/mol. The molecule has 1 heterocycles. The molecule has 1 aliphatic rings. The van der Waals surface area contributed by atoms with Crippen LogP contribution in [0.25, 0.3) is 5.57 Å². The number of hydrogen-bond donors (Lipinski definition) is 0. The second-order valence-electron chi connectivity index (χ2n) is 7.41. The van der Waals surface area contributed by atoms with E-state index in [1.807, 2.05) is 6.92 Å². The number of methoxy groups -OCH3 is 1. The van der Waals surface area contributed by atoms with Crippen LogP contribution in [0.15, 0.2) is 89.3 Å². The number of carbonyl (C=O) groups is 2. The van der Waals surface area contributed by atoms with Gasteiger partial charge in [-0.25, -0.2) is 12.7 Å². The second kappa shape index (κ2) is 8.43. The predicted molar refractivity (Wildman–Crippen MR) is 121 cm³/mol. The smallest absolute Gasteiger partial charge is 0.269 e. The van der Waals surface area contributed by atoms with E-state index in [1.165, 1.54) is 19.2 Å². The minimum atomic E-state index is -4.13. The van der Waals surface area contributed by atoms with Gasteiger partial charge in [0.1, 0.15) is 5.75 Å². The van der Waals surface area contributed by atoms with Gasteiger partial charge in [-0.1, -0.05) is 48.0 Å². The first-order valence-corrected chi connectivity index (χ1v) is 11.4. The molecule has 6 nitrogen and oxygen atoms in total. The van der Waals surface area contributed by atoms with Crippen LogP contribution >= 0.6 is 0 Å². The molecular formula is C25H21NO5S. The van der Waals surface area contributed by atoms with Crippen LogP contribution in [0.5, 0.6) is 5.75 Å². The Kier molecular flexibility index (Phi) is 5.67. The van der Waals surface area contributed by atoms with E-state index in [0.29, 0.717) is 16.9 Å². The van der Waals surface area contributed by atoms with Crippen molar-refractivity contribution in [2.45, 2.75) is 11.8 Å². The van der Waals surface area contributed by atoms with Crippen LogP contribution in [0.2, 0.25) is 0 Å². The molecule has 0 spiro atoms. The third-order valence-corrected chi connectivity index (χ3v) is 7.08. The van der Waals surface area contributed by atoms with Crippen molar-refractivity contribution in [2.75, 3.05) is 13.7 Å². The van der Waals surface area contributed by atoms with Gasteiger partial charge >= 0.3 is 0 Å². The van der Waals surface area contributed by atoms with E-state index >= 15 is 0 Å². The number of sulfonamides is 1. The standard InChI is InChI=1S/C25H21NO5S/c1-17-8-14-21(15-9-17)32(29,30)26-16-22(23(25(26)28)18-6-4-3-5-7-18)24(27)19-10-12-20(31-2)13-11-19/h3-15H,16H2,1-2H3. The lowest BCUT2D eigenvalue weighted by Gasteiger charge is -2.17. The van der Waals surface area contributed by atoms with Crippen molar-refractivity contribution in [2.24, 2.45) is 0 Å². The number of aryl methyl sites for hydroxylation is 1. The average molecular weight is 448 g/mol. The maximum atomic E-state index is 13.4. The molecule has 162 valence electrons. The zero-order valence-corrected chi connectivity index (χ0v) is 18.4. The number of ether oxygens (including phenoxy) is 1. The molecule has 0 aromatic heterocycles. The van der Waals surface area contributed by atoms with Crippen molar-refractivity contribution in [3.8, 4) is 5.75 Å². The van der Waals surface area contributed by atoms with E-state index in [4.69, 9.17) is 4.74 Å². The highest BCUT2D eigenvalue weighted by atomic mass is 32.2. The quantitative estimate of drug-likeness (QED) is 0.536. The van der Waals surface area contributed by atoms with Crippen molar-refractivity contribution >= 4 is 27.3 Å². The number of benzene rings is 3. The molecule has 0 saturated heterocycles. The van der Waals surface area contributed by atoms with Crippen LogP contribution in [-0.4, -0.2) is 38.1 Å². The van der Waals surface area contributed by atoms with E-state index in [-0.39, 0.29) is 22.6 Å². The minimum absolute atomic E-state index is 0.00186. The number of nitrogens with zero attached hydrogens (tertiary/aromatic N) is 1. The summed E-state index contributed by atoms with van der Waals surface area (Å²) in [5.74, 6) is -0.528. The topological polar surface area (TPSA) is 80.8 Å². The van der Waals surface area contributed by atoms with E-state index in [0.717, 1.165) is 9.87 Å². The van der Waals surface area contributed by atoms with Gasteiger partial charge < -0.3 is 4.74 Å². The van der Waals surface area contributed by atoms with Crippen molar-refractivity contribution in [3.05, 3.63) is 101 Å². The van der Waals surface area contributed by atoms with Gasteiger partial charge in [-0.15, -0.1) is 0 Å². The molecule has 32 heavy (non-hydrogen) atoms. The molecule has 4 rings (SSSR count). The molecule has 0 fully saturated rings. The molecule has 1 aliphatic heterocycles. The molecule has 3 aromatic rings. The lowest BCUT2D eigenvalue weighted by atomic mass is 9.96. The molecule has 0 saturated carbocycles. The van der Waals surface area contributed by atoms with E-state index in [9.17, 15) is 18.0 Å². The third kappa shape index (κ3) is 3.83. The van der Waals surface area contributed by atoms with E-state index in [2.05, 4.69) is 0 Å². The fraction of sp³-hybridized carbons (Fsp3) is 0.120. The van der Waals surface area contributed by atoms with Crippen LogP contribution in [0.1, 0.15) is 21.5 Å². The Balaban J connectivity index is 1.79. The minimum Gasteiger partial charge on any atom is -0.497 e. The fourth-order valence-electron chi connectivity index (χ4n) is 3.58. The fourth-order valence-corrected chi connectivity index (χ4v) is 4.93. The van der Waals surface area contributed by atoms with Gasteiger partial charge in [0.05, 0.1) is 24.1 Å². The summed E-state index contributed by atoms with van der Waals surface area (Å²) in [5, 5.41) is 0. The first-order chi connectivity index (χ1) is 15.3. The van der Waals surface area contributed by atoms with Crippen molar-refractivity contribution in [3.63, 3.8) is 0 Å². The number of rotatable bonds is 6. The molecular weight excluding hydrogens is 426 g/mol. The Morgan fingerprint density at radius 1 is 0.906 bits per heavy atom. The Labute approximate surface area is 186 Å². The van der Waals surface area contributed by atoms with Crippen LogP contribution in [0.3, 0.4) is 0 Å². The molecule has 0 radical (unpaired) electrons. The van der Waals surface area contributed by atoms with Gasteiger partial charge in [-0.2, -0.15) is 0 Å². The summed E-state index contributed by atoms with van der Waals surface area (Å²) >= 11 is 0. The van der Waals surface area contributed by atoms with Crippen molar-refractivity contribution in [1.82, 2.24) is 4.31 Å². The SMILES string of the molecule is COc1ccc(C(=O)C2=C(c3ccccc3)C(=O)N(S(=O)(=O)c3ccc(C)cc3)C2)cc1. The maximum absolute atomic E-state index is 13.4. The molecule has 0 unspecified atom stereocenters. The molecule has 1 amide bonds. The number of Topliss-reactive ketones (excluding diaryl/α,β-unsaturated/α-hetero) is 1. The van der Waals surface area contributed by atoms with Crippen LogP contribution in [0.4, 0.5) is 0 Å². The number of hydrogen-bond acceptors (Lipinski definition) is 5. The first-order valence-electron chi connectivity index (χ1n) is 9.94. The Bertz CT molecular complexity index is 1310. The van der Waals surface area contributed by atoms with Gasteiger partial charge in [0.25, 0.3) is 15.9 Å². The Morgan fingerprint density at radius 3 is 2.12 bits per heavy atom. The van der Waals surface area contributed by atoms with Gasteiger partial charge in [0, 0.05) is 11.1 Å². The molecule has 0 aliphatic carbocycles. The molecule has 3 aromatic carbocycles. The van der Waals surface area contributed by atoms with Gasteiger partial charge in [0.15, 0.2) is 5.78 Å². The zero-order valence-electron chi connectivity index (χ0n) is 17.6. The lowest BCUT2D eigenvalue weighted by Crippen LogP contribution is -2.34. The average Bonchev–Trinajstić information content (AvgIpc) is 3.17. The molecule has 0 N–H and O–H groups in total. The van der Waals surface area contributed by atoms with E-state index < -0.39 is 21.7 Å².